The number of piperidine rings is 1. The van der Waals surface area contributed by atoms with Crippen LogP contribution in [0.15, 0.2) is 0 Å². The van der Waals surface area contributed by atoms with Crippen LogP contribution in [0.25, 0.3) is 0 Å². The Balaban J connectivity index is 2.73. The quantitative estimate of drug-likeness (QED) is 0.765. The molecule has 0 aromatic heterocycles. The Morgan fingerprint density at radius 1 is 1.25 bits per heavy atom. The molecule has 20 heavy (non-hydrogen) atoms. The van der Waals surface area contributed by atoms with E-state index < -0.39 is 17.2 Å². The van der Waals surface area contributed by atoms with Crippen LogP contribution in [0.2, 0.25) is 0 Å². The first-order valence-electron chi connectivity index (χ1n) is 6.73. The predicted molar refractivity (Wildman–Crippen MR) is 73.4 cm³/mol. The molecule has 1 rings (SSSR count). The zero-order valence-corrected chi connectivity index (χ0v) is 12.9. The van der Waals surface area contributed by atoms with Crippen molar-refractivity contribution in [2.75, 3.05) is 27.2 Å². The van der Waals surface area contributed by atoms with Crippen LogP contribution in [0.4, 0.5) is 4.79 Å². The molecule has 0 atom stereocenters. The van der Waals surface area contributed by atoms with E-state index in [0.29, 0.717) is 30.7 Å². The molecular weight excluding hydrogens is 262 g/mol. The van der Waals surface area contributed by atoms with E-state index in [9.17, 15) is 14.5 Å². The predicted octanol–water partition coefficient (Wildman–Crippen LogP) is 0.911. The fraction of sp³-hybridized carbons (Fsp3) is 0.846. The molecule has 0 bridgehead atoms. The average molecular weight is 286 g/mol. The van der Waals surface area contributed by atoms with Gasteiger partial charge in [-0.1, -0.05) is 0 Å². The Labute approximate surface area is 119 Å². The molecule has 1 aliphatic rings. The van der Waals surface area contributed by atoms with Gasteiger partial charge in [0.2, 0.25) is 0 Å². The Kier molecular flexibility index (Phi) is 4.73. The van der Waals surface area contributed by atoms with Crippen LogP contribution in [0, 0.1) is 4.91 Å². The Bertz CT molecular complexity index is 406. The summed E-state index contributed by atoms with van der Waals surface area (Å²) in [6.45, 7) is 6.06. The number of rotatable bonds is 2. The second-order valence-corrected chi connectivity index (χ2v) is 6.08. The number of hydrogen-bond acceptors (Lipinski definition) is 4. The van der Waals surface area contributed by atoms with Gasteiger partial charge in [-0.25, -0.2) is 4.79 Å². The number of likely N-dealkylation sites (tertiary alicyclic amines) is 1. The van der Waals surface area contributed by atoms with Crippen molar-refractivity contribution in [1.29, 1.82) is 0 Å². The lowest BCUT2D eigenvalue weighted by atomic mass is 9.86. The van der Waals surface area contributed by atoms with E-state index in [1.54, 1.807) is 20.8 Å². The van der Waals surface area contributed by atoms with Gasteiger partial charge in [0.15, 0.2) is 7.05 Å². The fourth-order valence-electron chi connectivity index (χ4n) is 2.30. The van der Waals surface area contributed by atoms with Gasteiger partial charge < -0.3 is 15.0 Å². The molecule has 1 saturated heterocycles. The lowest BCUT2D eigenvalue weighted by molar-refractivity contribution is -0.590. The van der Waals surface area contributed by atoms with Crippen molar-refractivity contribution in [2.45, 2.75) is 44.8 Å². The first-order chi connectivity index (χ1) is 9.12. The van der Waals surface area contributed by atoms with Crippen LogP contribution >= 0.6 is 0 Å². The fourth-order valence-corrected chi connectivity index (χ4v) is 2.30. The molecule has 1 N–H and O–H groups in total. The molecule has 0 spiro atoms. The van der Waals surface area contributed by atoms with Crippen molar-refractivity contribution in [3.05, 3.63) is 4.91 Å². The highest BCUT2D eigenvalue weighted by atomic mass is 16.6. The minimum absolute atomic E-state index is 0.298. The number of nitrogens with zero attached hydrogens (tertiary/aromatic N) is 2. The number of carbonyl (C=O) groups is 2. The lowest BCUT2D eigenvalue weighted by Gasteiger charge is -2.35. The van der Waals surface area contributed by atoms with Crippen LogP contribution in [0.5, 0.6) is 0 Å². The highest BCUT2D eigenvalue weighted by Crippen LogP contribution is 2.26. The third kappa shape index (κ3) is 3.46. The van der Waals surface area contributed by atoms with Gasteiger partial charge in [-0.2, -0.15) is 0 Å². The molecule has 0 saturated carbocycles. The summed E-state index contributed by atoms with van der Waals surface area (Å²) < 4.78 is 5.98. The van der Waals surface area contributed by atoms with Crippen LogP contribution in [0.1, 0.15) is 33.6 Å². The van der Waals surface area contributed by atoms with Crippen LogP contribution in [0.3, 0.4) is 0 Å². The van der Waals surface area contributed by atoms with Crippen LogP contribution in [-0.2, 0) is 9.53 Å². The van der Waals surface area contributed by atoms with Gasteiger partial charge in [0.25, 0.3) is 11.4 Å². The van der Waals surface area contributed by atoms with E-state index in [-0.39, 0.29) is 5.91 Å². The van der Waals surface area contributed by atoms with Gasteiger partial charge in [0.05, 0.1) is 0 Å². The molecule has 7 nitrogen and oxygen atoms in total. The molecule has 0 aromatic rings. The van der Waals surface area contributed by atoms with Crippen molar-refractivity contribution in [3.63, 3.8) is 0 Å². The number of nitroso groups, excluding NO2 is 1. The first kappa shape index (κ1) is 16.4. The van der Waals surface area contributed by atoms with Gasteiger partial charge in [-0.3, -0.25) is 4.79 Å². The van der Waals surface area contributed by atoms with Gasteiger partial charge >= 0.3 is 6.09 Å². The van der Waals surface area contributed by atoms with E-state index in [1.807, 2.05) is 0 Å². The van der Waals surface area contributed by atoms with E-state index in [0.717, 1.165) is 0 Å². The SMILES string of the molecule is CNC(=O)C1([N+](C)=O)CCN(C(=O)OC(C)(C)C)CC1. The van der Waals surface area contributed by atoms with Gasteiger partial charge in [0, 0.05) is 42.6 Å². The van der Waals surface area contributed by atoms with E-state index in [1.165, 1.54) is 19.0 Å². The van der Waals surface area contributed by atoms with Crippen molar-refractivity contribution < 1.29 is 19.1 Å². The van der Waals surface area contributed by atoms with Gasteiger partial charge in [-0.15, -0.1) is 0 Å². The molecule has 1 aliphatic heterocycles. The first-order valence-corrected chi connectivity index (χ1v) is 6.73. The molecule has 0 radical (unpaired) electrons. The number of ether oxygens (including phenoxy) is 1. The molecule has 1 fully saturated rings. The second kappa shape index (κ2) is 5.76. The van der Waals surface area contributed by atoms with Crippen LogP contribution in [-0.4, -0.2) is 60.0 Å². The summed E-state index contributed by atoms with van der Waals surface area (Å²) in [6.07, 6.45) is 0.189. The third-order valence-corrected chi connectivity index (χ3v) is 3.49. The minimum Gasteiger partial charge on any atom is -0.444 e. The van der Waals surface area contributed by atoms with Crippen molar-refractivity contribution in [1.82, 2.24) is 10.2 Å². The van der Waals surface area contributed by atoms with Crippen molar-refractivity contribution in [2.24, 2.45) is 0 Å². The van der Waals surface area contributed by atoms with Gasteiger partial charge in [0.1, 0.15) is 5.60 Å². The summed E-state index contributed by atoms with van der Waals surface area (Å²) in [5, 5.41) is 2.52. The number of nitrogens with one attached hydrogen (secondary N) is 1. The molecule has 2 amide bonds. The summed E-state index contributed by atoms with van der Waals surface area (Å²) in [5.41, 5.74) is -1.64. The molecule has 114 valence electrons. The second-order valence-electron chi connectivity index (χ2n) is 6.08. The number of likely N-dealkylation sites (N-methyl/N-ethyl adjacent to an activating group) is 2. The maximum atomic E-state index is 11.9. The smallest absolute Gasteiger partial charge is 0.410 e. The topological polar surface area (TPSA) is 78.7 Å². The van der Waals surface area contributed by atoms with E-state index >= 15 is 0 Å². The Morgan fingerprint density at radius 3 is 2.10 bits per heavy atom. The third-order valence-electron chi connectivity index (χ3n) is 3.49. The Morgan fingerprint density at radius 2 is 1.75 bits per heavy atom. The monoisotopic (exact) mass is 286 g/mol. The zero-order valence-electron chi connectivity index (χ0n) is 12.9. The summed E-state index contributed by atoms with van der Waals surface area (Å²) >= 11 is 0. The van der Waals surface area contributed by atoms with E-state index in [2.05, 4.69) is 5.32 Å². The molecule has 7 heteroatoms. The number of amides is 2. The highest BCUT2D eigenvalue weighted by molar-refractivity contribution is 5.85. The molecular formula is C13H24N3O4+. The minimum atomic E-state index is -1.09. The largest absolute Gasteiger partial charge is 0.444 e. The highest BCUT2D eigenvalue weighted by Gasteiger charge is 2.53. The van der Waals surface area contributed by atoms with Gasteiger partial charge in [-0.05, 0) is 20.8 Å². The molecule has 0 aliphatic carbocycles. The molecule has 0 aromatic carbocycles. The normalized spacial score (nSPS) is 18.4. The van der Waals surface area contributed by atoms with Crippen molar-refractivity contribution >= 4 is 12.0 Å². The van der Waals surface area contributed by atoms with E-state index in [4.69, 9.17) is 4.74 Å². The maximum absolute atomic E-state index is 11.9. The van der Waals surface area contributed by atoms with Crippen molar-refractivity contribution in [3.8, 4) is 0 Å². The molecule has 0 unspecified atom stereocenters. The number of hydrogen-bond donors (Lipinski definition) is 1. The maximum Gasteiger partial charge on any atom is 0.410 e. The molecule has 1 heterocycles. The summed E-state index contributed by atoms with van der Waals surface area (Å²) in [7, 11) is 2.85. The average Bonchev–Trinajstić information content (AvgIpc) is 2.35. The summed E-state index contributed by atoms with van der Waals surface area (Å²) in [4.78, 5) is 37.2. The summed E-state index contributed by atoms with van der Waals surface area (Å²) in [6, 6.07) is 0. The Hall–Kier alpha value is -1.66. The number of carbonyl (C=O) groups excluding carboxylic acids is 2. The zero-order chi connectivity index (χ0) is 15.6. The van der Waals surface area contributed by atoms with Crippen LogP contribution < -0.4 is 5.32 Å². The standard InChI is InChI=1S/C13H23N3O4/c1-12(2,3)20-11(18)16-8-6-13(7-9-16,15(5)19)10(17)14-4/h6-9H2,1-5H3/p+1. The lowest BCUT2D eigenvalue weighted by Crippen LogP contribution is -2.59. The summed E-state index contributed by atoms with van der Waals surface area (Å²) in [5.74, 6) is -0.307.